The van der Waals surface area contributed by atoms with Gasteiger partial charge in [0.2, 0.25) is 0 Å². The van der Waals surface area contributed by atoms with Crippen LogP contribution < -0.4 is 4.90 Å². The minimum Gasteiger partial charge on any atom is -0.478 e. The third-order valence-corrected chi connectivity index (χ3v) is 3.67. The molecule has 100 valence electrons. The van der Waals surface area contributed by atoms with Gasteiger partial charge in [-0.25, -0.2) is 9.78 Å². The molecule has 5 heteroatoms. The molecule has 0 aromatic carbocycles. The quantitative estimate of drug-likeness (QED) is 0.928. The van der Waals surface area contributed by atoms with E-state index in [9.17, 15) is 9.90 Å². The van der Waals surface area contributed by atoms with E-state index in [0.29, 0.717) is 10.3 Å². The number of anilines is 1. The van der Waals surface area contributed by atoms with Crippen molar-refractivity contribution in [1.29, 1.82) is 0 Å². The Bertz CT molecular complexity index is 455. The zero-order valence-corrected chi connectivity index (χ0v) is 12.9. The fourth-order valence-corrected chi connectivity index (χ4v) is 1.97. The molecule has 18 heavy (non-hydrogen) atoms. The highest BCUT2D eigenvalue weighted by Gasteiger charge is 2.27. The molecule has 0 bridgehead atoms. The molecule has 1 atom stereocenters. The number of nitrogens with zero attached hydrogens (tertiary/aromatic N) is 2. The van der Waals surface area contributed by atoms with Crippen molar-refractivity contribution in [2.24, 2.45) is 5.41 Å². The van der Waals surface area contributed by atoms with Crippen molar-refractivity contribution in [3.8, 4) is 0 Å². The average Bonchev–Trinajstić information content (AvgIpc) is 2.25. The van der Waals surface area contributed by atoms with Gasteiger partial charge >= 0.3 is 5.97 Å². The first kappa shape index (κ1) is 15.0. The molecule has 0 saturated carbocycles. The zero-order chi connectivity index (χ0) is 14.1. The SMILES string of the molecule is CC(N(C)c1ncc(Br)cc1C(=O)O)C(C)(C)C. The van der Waals surface area contributed by atoms with Gasteiger partial charge in [0.05, 0.1) is 0 Å². The second-order valence-electron chi connectivity index (χ2n) is 5.48. The standard InChI is InChI=1S/C13H19BrN2O2/c1-8(13(2,3)4)16(5)11-10(12(17)18)6-9(14)7-15-11/h6-8H,1-5H3,(H,17,18). The maximum Gasteiger partial charge on any atom is 0.339 e. The van der Waals surface area contributed by atoms with E-state index in [4.69, 9.17) is 0 Å². The van der Waals surface area contributed by atoms with Crippen molar-refractivity contribution in [2.75, 3.05) is 11.9 Å². The Labute approximate surface area is 116 Å². The summed E-state index contributed by atoms with van der Waals surface area (Å²) < 4.78 is 0.667. The largest absolute Gasteiger partial charge is 0.478 e. The molecule has 1 unspecified atom stereocenters. The van der Waals surface area contributed by atoms with E-state index in [1.165, 1.54) is 0 Å². The molecular formula is C13H19BrN2O2. The van der Waals surface area contributed by atoms with Gasteiger partial charge in [-0.2, -0.15) is 0 Å². The summed E-state index contributed by atoms with van der Waals surface area (Å²) in [5, 5.41) is 9.24. The summed E-state index contributed by atoms with van der Waals surface area (Å²) in [6, 6.07) is 1.75. The fourth-order valence-electron chi connectivity index (χ4n) is 1.63. The van der Waals surface area contributed by atoms with Gasteiger partial charge in [-0.15, -0.1) is 0 Å². The molecule has 0 aliphatic carbocycles. The third-order valence-electron chi connectivity index (χ3n) is 3.23. The smallest absolute Gasteiger partial charge is 0.339 e. The highest BCUT2D eigenvalue weighted by atomic mass is 79.9. The lowest BCUT2D eigenvalue weighted by atomic mass is 9.87. The van der Waals surface area contributed by atoms with E-state index in [2.05, 4.69) is 48.6 Å². The monoisotopic (exact) mass is 314 g/mol. The number of aromatic nitrogens is 1. The Morgan fingerprint density at radius 2 is 2.06 bits per heavy atom. The van der Waals surface area contributed by atoms with Crippen molar-refractivity contribution in [3.05, 3.63) is 22.3 Å². The number of hydrogen-bond donors (Lipinski definition) is 1. The van der Waals surface area contributed by atoms with Gasteiger partial charge < -0.3 is 10.0 Å². The lowest BCUT2D eigenvalue weighted by molar-refractivity contribution is 0.0696. The van der Waals surface area contributed by atoms with Crippen molar-refractivity contribution >= 4 is 27.7 Å². The molecule has 0 radical (unpaired) electrons. The molecule has 0 aliphatic rings. The molecule has 1 aromatic heterocycles. The third kappa shape index (κ3) is 3.22. The summed E-state index contributed by atoms with van der Waals surface area (Å²) in [4.78, 5) is 17.4. The lowest BCUT2D eigenvalue weighted by Crippen LogP contribution is -2.40. The van der Waals surface area contributed by atoms with E-state index >= 15 is 0 Å². The molecular weight excluding hydrogens is 296 g/mol. The van der Waals surface area contributed by atoms with Crippen LogP contribution in [0.25, 0.3) is 0 Å². The highest BCUT2D eigenvalue weighted by molar-refractivity contribution is 9.10. The van der Waals surface area contributed by atoms with E-state index < -0.39 is 5.97 Å². The van der Waals surface area contributed by atoms with E-state index in [1.54, 1.807) is 12.3 Å². The van der Waals surface area contributed by atoms with Crippen LogP contribution in [0.2, 0.25) is 0 Å². The molecule has 0 spiro atoms. The number of carboxylic acids is 1. The molecule has 0 saturated heterocycles. The van der Waals surface area contributed by atoms with Gasteiger partial charge in [-0.3, -0.25) is 0 Å². The average molecular weight is 315 g/mol. The number of rotatable bonds is 3. The molecule has 0 aliphatic heterocycles. The molecule has 1 aromatic rings. The normalized spacial score (nSPS) is 13.2. The van der Waals surface area contributed by atoms with Gasteiger partial charge in [0.1, 0.15) is 11.4 Å². The number of carboxylic acid groups (broad SMARTS) is 1. The Kier molecular flexibility index (Phi) is 4.37. The van der Waals surface area contributed by atoms with Crippen molar-refractivity contribution < 1.29 is 9.90 Å². The van der Waals surface area contributed by atoms with Crippen LogP contribution in [0, 0.1) is 5.41 Å². The topological polar surface area (TPSA) is 53.4 Å². The summed E-state index contributed by atoms with van der Waals surface area (Å²) in [6.07, 6.45) is 1.62. The molecule has 1 heterocycles. The predicted molar refractivity (Wildman–Crippen MR) is 76.2 cm³/mol. The summed E-state index contributed by atoms with van der Waals surface area (Å²) >= 11 is 3.25. The second-order valence-corrected chi connectivity index (χ2v) is 6.40. The van der Waals surface area contributed by atoms with Gasteiger partial charge in [-0.05, 0) is 34.3 Å². The van der Waals surface area contributed by atoms with Crippen LogP contribution in [-0.2, 0) is 0 Å². The van der Waals surface area contributed by atoms with Crippen molar-refractivity contribution in [1.82, 2.24) is 4.98 Å². The molecule has 1 rings (SSSR count). The van der Waals surface area contributed by atoms with Crippen LogP contribution in [0.15, 0.2) is 16.7 Å². The van der Waals surface area contributed by atoms with Crippen LogP contribution in [0.3, 0.4) is 0 Å². The minimum absolute atomic E-state index is 0.0409. The summed E-state index contributed by atoms with van der Waals surface area (Å²) in [7, 11) is 1.87. The summed E-state index contributed by atoms with van der Waals surface area (Å²) in [5.41, 5.74) is 0.252. The Morgan fingerprint density at radius 1 is 1.50 bits per heavy atom. The number of hydrogen-bond acceptors (Lipinski definition) is 3. The molecule has 4 nitrogen and oxygen atoms in total. The van der Waals surface area contributed by atoms with Crippen molar-refractivity contribution in [3.63, 3.8) is 0 Å². The van der Waals surface area contributed by atoms with E-state index in [1.807, 2.05) is 11.9 Å². The minimum atomic E-state index is -0.966. The second kappa shape index (κ2) is 5.26. The zero-order valence-electron chi connectivity index (χ0n) is 11.4. The maximum atomic E-state index is 11.3. The Balaban J connectivity index is 3.21. The van der Waals surface area contributed by atoms with Gasteiger partial charge in [0.15, 0.2) is 0 Å². The first-order valence-corrected chi connectivity index (χ1v) is 6.55. The van der Waals surface area contributed by atoms with Crippen LogP contribution in [0.4, 0.5) is 5.82 Å². The lowest BCUT2D eigenvalue weighted by Gasteiger charge is -2.36. The van der Waals surface area contributed by atoms with Crippen LogP contribution in [-0.4, -0.2) is 29.1 Å². The van der Waals surface area contributed by atoms with Crippen LogP contribution in [0.1, 0.15) is 38.1 Å². The summed E-state index contributed by atoms with van der Waals surface area (Å²) in [6.45, 7) is 8.42. The predicted octanol–water partition coefficient (Wildman–Crippen LogP) is 3.41. The van der Waals surface area contributed by atoms with E-state index in [-0.39, 0.29) is 17.0 Å². The van der Waals surface area contributed by atoms with Crippen molar-refractivity contribution in [2.45, 2.75) is 33.7 Å². The number of aromatic carboxylic acids is 1. The number of pyridine rings is 1. The Morgan fingerprint density at radius 3 is 2.50 bits per heavy atom. The highest BCUT2D eigenvalue weighted by Crippen LogP contribution is 2.29. The first-order chi connectivity index (χ1) is 8.14. The maximum absolute atomic E-state index is 11.3. The molecule has 0 fully saturated rings. The summed E-state index contributed by atoms with van der Waals surface area (Å²) in [5.74, 6) is -0.472. The number of halogens is 1. The fraction of sp³-hybridized carbons (Fsp3) is 0.538. The first-order valence-electron chi connectivity index (χ1n) is 5.76. The van der Waals surface area contributed by atoms with Crippen LogP contribution in [0.5, 0.6) is 0 Å². The molecule has 1 N–H and O–H groups in total. The molecule has 0 amide bonds. The van der Waals surface area contributed by atoms with Gasteiger partial charge in [-0.1, -0.05) is 20.8 Å². The van der Waals surface area contributed by atoms with Gasteiger partial charge in [0, 0.05) is 23.8 Å². The van der Waals surface area contributed by atoms with E-state index in [0.717, 1.165) is 0 Å². The van der Waals surface area contributed by atoms with Crippen LogP contribution >= 0.6 is 15.9 Å². The van der Waals surface area contributed by atoms with Gasteiger partial charge in [0.25, 0.3) is 0 Å². The number of carbonyl (C=O) groups is 1. The Hall–Kier alpha value is -1.10.